The number of benzene rings is 1. The van der Waals surface area contributed by atoms with E-state index in [2.05, 4.69) is 14.4 Å². The van der Waals surface area contributed by atoms with Crippen LogP contribution in [0.1, 0.15) is 0 Å². The van der Waals surface area contributed by atoms with Gasteiger partial charge in [-0.25, -0.2) is 13.4 Å². The molecule has 21 heavy (non-hydrogen) atoms. The molecule has 1 heterocycles. The molecule has 2 aromatic rings. The quantitative estimate of drug-likeness (QED) is 0.853. The van der Waals surface area contributed by atoms with Crippen LogP contribution in [0.4, 0.5) is 14.5 Å². The molecule has 112 valence electrons. The number of anilines is 1. The highest BCUT2D eigenvalue weighted by molar-refractivity contribution is 7.92. The number of sulfonamides is 1. The van der Waals surface area contributed by atoms with Gasteiger partial charge in [0.15, 0.2) is 0 Å². The number of halogens is 3. The Morgan fingerprint density at radius 1 is 1.19 bits per heavy atom. The van der Waals surface area contributed by atoms with Crippen LogP contribution in [-0.2, 0) is 10.0 Å². The lowest BCUT2D eigenvalue weighted by Crippen LogP contribution is -2.13. The lowest BCUT2D eigenvalue weighted by Gasteiger charge is -2.09. The van der Waals surface area contributed by atoms with E-state index in [0.29, 0.717) is 0 Å². The molecule has 1 N–H and O–H groups in total. The highest BCUT2D eigenvalue weighted by Crippen LogP contribution is 2.21. The predicted octanol–water partition coefficient (Wildman–Crippen LogP) is 3.14. The second-order valence-electron chi connectivity index (χ2n) is 3.82. The van der Waals surface area contributed by atoms with Gasteiger partial charge < -0.3 is 4.74 Å². The minimum atomic E-state index is -3.84. The van der Waals surface area contributed by atoms with E-state index < -0.39 is 16.6 Å². The van der Waals surface area contributed by atoms with Crippen LogP contribution >= 0.6 is 11.6 Å². The summed E-state index contributed by atoms with van der Waals surface area (Å²) < 4.78 is 54.6. The zero-order valence-corrected chi connectivity index (χ0v) is 11.9. The zero-order valence-electron chi connectivity index (χ0n) is 10.3. The maximum Gasteiger partial charge on any atom is 0.387 e. The maximum atomic E-state index is 12.1. The number of hydrogen-bond donors (Lipinski definition) is 1. The third-order valence-electron chi connectivity index (χ3n) is 2.34. The molecule has 0 bridgehead atoms. The van der Waals surface area contributed by atoms with Crippen LogP contribution in [-0.4, -0.2) is 20.0 Å². The Balaban J connectivity index is 2.17. The molecule has 0 amide bonds. The molecule has 0 radical (unpaired) electrons. The lowest BCUT2D eigenvalue weighted by atomic mass is 10.3. The molecule has 0 atom stereocenters. The topological polar surface area (TPSA) is 68.3 Å². The largest absolute Gasteiger partial charge is 0.435 e. The Morgan fingerprint density at radius 2 is 1.86 bits per heavy atom. The summed E-state index contributed by atoms with van der Waals surface area (Å²) in [6, 6.07) is 7.53. The van der Waals surface area contributed by atoms with Crippen molar-refractivity contribution in [3.63, 3.8) is 0 Å². The maximum absolute atomic E-state index is 12.1. The van der Waals surface area contributed by atoms with Crippen molar-refractivity contribution in [2.75, 3.05) is 4.72 Å². The van der Waals surface area contributed by atoms with Gasteiger partial charge in [0.2, 0.25) is 0 Å². The summed E-state index contributed by atoms with van der Waals surface area (Å²) in [5.41, 5.74) is 0.199. The number of rotatable bonds is 5. The van der Waals surface area contributed by atoms with Gasteiger partial charge in [0.1, 0.15) is 10.9 Å². The molecular weight excluding hydrogens is 326 g/mol. The molecule has 5 nitrogen and oxygen atoms in total. The molecular formula is C12H9ClF2N2O3S. The van der Waals surface area contributed by atoms with Crippen LogP contribution in [0.2, 0.25) is 5.15 Å². The molecule has 0 aliphatic carbocycles. The van der Waals surface area contributed by atoms with Crippen molar-refractivity contribution in [2.24, 2.45) is 0 Å². The van der Waals surface area contributed by atoms with E-state index in [1.807, 2.05) is 0 Å². The average molecular weight is 335 g/mol. The summed E-state index contributed by atoms with van der Waals surface area (Å²) in [6.45, 7) is -2.94. The molecule has 0 aliphatic heterocycles. The molecule has 2 rings (SSSR count). The van der Waals surface area contributed by atoms with E-state index in [1.165, 1.54) is 42.6 Å². The first-order valence-electron chi connectivity index (χ1n) is 5.56. The van der Waals surface area contributed by atoms with Gasteiger partial charge in [-0.15, -0.1) is 0 Å². The predicted molar refractivity (Wildman–Crippen MR) is 73.1 cm³/mol. The lowest BCUT2D eigenvalue weighted by molar-refractivity contribution is -0.0498. The van der Waals surface area contributed by atoms with E-state index in [4.69, 9.17) is 11.6 Å². The monoisotopic (exact) mass is 334 g/mol. The molecule has 0 saturated heterocycles. The SMILES string of the molecule is O=S(=O)(Nc1ccc(OC(F)F)cc1)c1ccnc(Cl)c1. The van der Waals surface area contributed by atoms with Gasteiger partial charge in [-0.3, -0.25) is 4.72 Å². The normalized spacial score (nSPS) is 11.4. The van der Waals surface area contributed by atoms with Crippen LogP contribution in [0.25, 0.3) is 0 Å². The third kappa shape index (κ3) is 4.27. The van der Waals surface area contributed by atoms with Crippen LogP contribution < -0.4 is 9.46 Å². The van der Waals surface area contributed by atoms with Crippen LogP contribution in [0.5, 0.6) is 5.75 Å². The number of alkyl halides is 2. The van der Waals surface area contributed by atoms with Crippen molar-refractivity contribution >= 4 is 27.3 Å². The average Bonchev–Trinajstić information content (AvgIpc) is 2.40. The fraction of sp³-hybridized carbons (Fsp3) is 0.0833. The molecule has 9 heteroatoms. The van der Waals surface area contributed by atoms with Crippen molar-refractivity contribution < 1.29 is 21.9 Å². The van der Waals surface area contributed by atoms with Crippen molar-refractivity contribution in [2.45, 2.75) is 11.5 Å². The molecule has 1 aromatic heterocycles. The second kappa shape index (κ2) is 6.23. The zero-order chi connectivity index (χ0) is 15.5. The van der Waals surface area contributed by atoms with Gasteiger partial charge in [0.25, 0.3) is 10.0 Å². The molecule has 0 spiro atoms. The Morgan fingerprint density at radius 3 is 2.43 bits per heavy atom. The van der Waals surface area contributed by atoms with Crippen molar-refractivity contribution in [1.82, 2.24) is 4.98 Å². The highest BCUT2D eigenvalue weighted by atomic mass is 35.5. The van der Waals surface area contributed by atoms with E-state index in [9.17, 15) is 17.2 Å². The molecule has 0 saturated carbocycles. The Kier molecular flexibility index (Phi) is 4.59. The fourth-order valence-corrected chi connectivity index (χ4v) is 2.78. The van der Waals surface area contributed by atoms with Gasteiger partial charge in [-0.05, 0) is 36.4 Å². The first-order chi connectivity index (χ1) is 9.87. The molecule has 0 aliphatic rings. The van der Waals surface area contributed by atoms with E-state index in [0.717, 1.165) is 0 Å². The molecule has 1 aromatic carbocycles. The number of hydrogen-bond acceptors (Lipinski definition) is 4. The third-order valence-corrected chi connectivity index (χ3v) is 3.93. The highest BCUT2D eigenvalue weighted by Gasteiger charge is 2.15. The van der Waals surface area contributed by atoms with E-state index in [-0.39, 0.29) is 21.5 Å². The number of pyridine rings is 1. The van der Waals surface area contributed by atoms with Crippen LogP contribution in [0.15, 0.2) is 47.5 Å². The summed E-state index contributed by atoms with van der Waals surface area (Å²) in [7, 11) is -3.84. The first kappa shape index (κ1) is 15.5. The number of nitrogens with one attached hydrogen (secondary N) is 1. The number of aromatic nitrogens is 1. The minimum Gasteiger partial charge on any atom is -0.435 e. The standard InChI is InChI=1S/C12H9ClF2N2O3S/c13-11-7-10(5-6-16-11)21(18,19)17-8-1-3-9(4-2-8)20-12(14)15/h1-7,12,17H. The van der Waals surface area contributed by atoms with Gasteiger partial charge in [0, 0.05) is 11.9 Å². The summed E-state index contributed by atoms with van der Waals surface area (Å²) in [4.78, 5) is 3.63. The smallest absolute Gasteiger partial charge is 0.387 e. The first-order valence-corrected chi connectivity index (χ1v) is 7.42. The van der Waals surface area contributed by atoms with Crippen molar-refractivity contribution in [3.05, 3.63) is 47.7 Å². The summed E-state index contributed by atoms with van der Waals surface area (Å²) >= 11 is 5.63. The Labute approximate surface area is 124 Å². The molecule has 0 unspecified atom stereocenters. The fourth-order valence-electron chi connectivity index (χ4n) is 1.47. The number of nitrogens with zero attached hydrogens (tertiary/aromatic N) is 1. The summed E-state index contributed by atoms with van der Waals surface area (Å²) in [5.74, 6) is -0.0695. The summed E-state index contributed by atoms with van der Waals surface area (Å²) in [6.07, 6.45) is 1.26. The summed E-state index contributed by atoms with van der Waals surface area (Å²) in [5, 5.41) is 0.0403. The van der Waals surface area contributed by atoms with Crippen LogP contribution in [0.3, 0.4) is 0 Å². The second-order valence-corrected chi connectivity index (χ2v) is 5.89. The molecule has 0 fully saturated rings. The van der Waals surface area contributed by atoms with E-state index >= 15 is 0 Å². The Bertz CT molecular complexity index is 724. The van der Waals surface area contributed by atoms with Crippen molar-refractivity contribution in [3.8, 4) is 5.75 Å². The number of ether oxygens (including phenoxy) is 1. The van der Waals surface area contributed by atoms with E-state index in [1.54, 1.807) is 0 Å². The van der Waals surface area contributed by atoms with Gasteiger partial charge in [-0.1, -0.05) is 11.6 Å². The van der Waals surface area contributed by atoms with Gasteiger partial charge >= 0.3 is 6.61 Å². The minimum absolute atomic E-state index is 0.0403. The van der Waals surface area contributed by atoms with Gasteiger partial charge in [-0.2, -0.15) is 8.78 Å². The van der Waals surface area contributed by atoms with Crippen molar-refractivity contribution in [1.29, 1.82) is 0 Å². The van der Waals surface area contributed by atoms with Crippen LogP contribution in [0, 0.1) is 0 Å². The Hall–Kier alpha value is -1.93. The van der Waals surface area contributed by atoms with Gasteiger partial charge in [0.05, 0.1) is 4.90 Å².